The summed E-state index contributed by atoms with van der Waals surface area (Å²) in [6, 6.07) is 12.7. The number of imidazole rings is 1. The molecule has 3 heterocycles. The van der Waals surface area contributed by atoms with Gasteiger partial charge in [0.25, 0.3) is 0 Å². The van der Waals surface area contributed by atoms with Crippen LogP contribution in [0.3, 0.4) is 0 Å². The Bertz CT molecular complexity index is 1350. The number of hydrogen-bond donors (Lipinski definition) is 3. The van der Waals surface area contributed by atoms with Crippen LogP contribution in [-0.2, 0) is 0 Å². The number of halogens is 1. The molecule has 150 valence electrons. The van der Waals surface area contributed by atoms with Crippen LogP contribution in [0.2, 0.25) is 5.02 Å². The Morgan fingerprint density at radius 3 is 2.83 bits per heavy atom. The number of fused-ring (bicyclic) bond motifs is 2. The van der Waals surface area contributed by atoms with E-state index in [-0.39, 0.29) is 0 Å². The summed E-state index contributed by atoms with van der Waals surface area (Å²) in [6.07, 6.45) is 11.1. The summed E-state index contributed by atoms with van der Waals surface area (Å²) in [4.78, 5) is 11.2. The molecule has 30 heavy (non-hydrogen) atoms. The predicted octanol–water partition coefficient (Wildman–Crippen LogP) is 6.42. The van der Waals surface area contributed by atoms with Gasteiger partial charge in [0.1, 0.15) is 0 Å². The van der Waals surface area contributed by atoms with E-state index < -0.39 is 0 Å². The lowest BCUT2D eigenvalue weighted by Gasteiger charge is -2.08. The highest BCUT2D eigenvalue weighted by Gasteiger charge is 2.18. The zero-order valence-electron chi connectivity index (χ0n) is 16.3. The van der Waals surface area contributed by atoms with Crippen molar-refractivity contribution >= 4 is 45.2 Å². The lowest BCUT2D eigenvalue weighted by Crippen LogP contribution is -2.04. The van der Waals surface area contributed by atoms with Gasteiger partial charge in [-0.2, -0.15) is 5.10 Å². The summed E-state index contributed by atoms with van der Waals surface area (Å²) in [6.45, 7) is 0. The van der Waals surface area contributed by atoms with Crippen molar-refractivity contribution < 1.29 is 0 Å². The molecule has 0 amide bonds. The summed E-state index contributed by atoms with van der Waals surface area (Å²) in [5.41, 5.74) is 6.04. The van der Waals surface area contributed by atoms with E-state index >= 15 is 0 Å². The fourth-order valence-electron chi connectivity index (χ4n) is 4.43. The first-order valence-electron chi connectivity index (χ1n) is 10.3. The third-order valence-electron chi connectivity index (χ3n) is 6.00. The van der Waals surface area contributed by atoms with E-state index in [1.165, 1.54) is 25.7 Å². The molecular weight excluding hydrogens is 396 g/mol. The van der Waals surface area contributed by atoms with Crippen LogP contribution in [0.4, 0.5) is 11.6 Å². The van der Waals surface area contributed by atoms with Gasteiger partial charge >= 0.3 is 0 Å². The molecule has 5 aromatic rings. The fraction of sp³-hybridized carbons (Fsp3) is 0.217. The third kappa shape index (κ3) is 3.04. The first-order valence-corrected chi connectivity index (χ1v) is 10.7. The molecule has 7 heteroatoms. The van der Waals surface area contributed by atoms with E-state index in [0.29, 0.717) is 17.0 Å². The van der Waals surface area contributed by atoms with Gasteiger partial charge in [-0.15, -0.1) is 0 Å². The summed E-state index contributed by atoms with van der Waals surface area (Å²) in [7, 11) is 0. The van der Waals surface area contributed by atoms with E-state index in [4.69, 9.17) is 11.6 Å². The lowest BCUT2D eigenvalue weighted by molar-refractivity contribution is 0.467. The van der Waals surface area contributed by atoms with Crippen molar-refractivity contribution in [1.82, 2.24) is 24.7 Å². The maximum Gasteiger partial charge on any atom is 0.205 e. The molecule has 3 aromatic heterocycles. The van der Waals surface area contributed by atoms with Gasteiger partial charge in [-0.05, 0) is 48.7 Å². The SMILES string of the molecule is Clc1cc(Nc2nc3ccc(-c4cnn(C5CCCC5)c4)cc3[nH]2)cc2[nH]ccc12. The quantitative estimate of drug-likeness (QED) is 0.316. The molecule has 1 fully saturated rings. The van der Waals surface area contributed by atoms with Crippen LogP contribution in [0.25, 0.3) is 33.1 Å². The van der Waals surface area contributed by atoms with Gasteiger partial charge in [-0.1, -0.05) is 30.5 Å². The molecule has 0 saturated heterocycles. The van der Waals surface area contributed by atoms with Gasteiger partial charge in [0, 0.05) is 34.5 Å². The highest BCUT2D eigenvalue weighted by Crippen LogP contribution is 2.32. The van der Waals surface area contributed by atoms with Crippen molar-refractivity contribution in [3.05, 3.63) is 60.0 Å². The van der Waals surface area contributed by atoms with Crippen LogP contribution >= 0.6 is 11.6 Å². The predicted molar refractivity (Wildman–Crippen MR) is 121 cm³/mol. The largest absolute Gasteiger partial charge is 0.361 e. The maximum absolute atomic E-state index is 6.39. The molecule has 6 nitrogen and oxygen atoms in total. The van der Waals surface area contributed by atoms with Gasteiger partial charge < -0.3 is 15.3 Å². The van der Waals surface area contributed by atoms with Crippen molar-refractivity contribution in [3.63, 3.8) is 0 Å². The van der Waals surface area contributed by atoms with Crippen LogP contribution in [0.5, 0.6) is 0 Å². The number of anilines is 2. The zero-order valence-corrected chi connectivity index (χ0v) is 17.1. The molecule has 0 radical (unpaired) electrons. The Morgan fingerprint density at radius 1 is 1.03 bits per heavy atom. The minimum absolute atomic E-state index is 0.550. The van der Waals surface area contributed by atoms with Crippen molar-refractivity contribution in [2.45, 2.75) is 31.7 Å². The Morgan fingerprint density at radius 2 is 1.93 bits per heavy atom. The normalized spacial score (nSPS) is 14.8. The van der Waals surface area contributed by atoms with Gasteiger partial charge in [0.05, 0.1) is 28.3 Å². The van der Waals surface area contributed by atoms with Crippen LogP contribution in [0, 0.1) is 0 Å². The number of nitrogens with zero attached hydrogens (tertiary/aromatic N) is 3. The fourth-order valence-corrected chi connectivity index (χ4v) is 4.72. The molecule has 0 aliphatic heterocycles. The van der Waals surface area contributed by atoms with E-state index in [2.05, 4.69) is 48.4 Å². The van der Waals surface area contributed by atoms with Crippen LogP contribution in [0.1, 0.15) is 31.7 Å². The number of aromatic amines is 2. The number of rotatable bonds is 4. The average Bonchev–Trinajstić information content (AvgIpc) is 3.52. The molecular formula is C23H21ClN6. The van der Waals surface area contributed by atoms with Gasteiger partial charge in [0.15, 0.2) is 0 Å². The van der Waals surface area contributed by atoms with E-state index in [1.54, 1.807) is 0 Å². The molecule has 1 saturated carbocycles. The third-order valence-corrected chi connectivity index (χ3v) is 6.31. The number of aromatic nitrogens is 5. The monoisotopic (exact) mass is 416 g/mol. The van der Waals surface area contributed by atoms with Crippen molar-refractivity contribution in [2.24, 2.45) is 0 Å². The number of H-pyrrole nitrogens is 2. The second-order valence-corrected chi connectivity index (χ2v) is 8.39. The van der Waals surface area contributed by atoms with Crippen LogP contribution in [0.15, 0.2) is 55.0 Å². The van der Waals surface area contributed by atoms with E-state index in [9.17, 15) is 0 Å². The molecule has 0 bridgehead atoms. The minimum Gasteiger partial charge on any atom is -0.361 e. The van der Waals surface area contributed by atoms with Crippen molar-refractivity contribution in [2.75, 3.05) is 5.32 Å². The Balaban J connectivity index is 1.29. The number of benzene rings is 2. The highest BCUT2D eigenvalue weighted by atomic mass is 35.5. The van der Waals surface area contributed by atoms with Crippen LogP contribution < -0.4 is 5.32 Å². The van der Waals surface area contributed by atoms with Gasteiger partial charge in [-0.25, -0.2) is 4.98 Å². The van der Waals surface area contributed by atoms with Gasteiger partial charge in [-0.3, -0.25) is 4.68 Å². The first-order chi connectivity index (χ1) is 14.7. The van der Waals surface area contributed by atoms with Crippen molar-refractivity contribution in [3.8, 4) is 11.1 Å². The summed E-state index contributed by atoms with van der Waals surface area (Å²) < 4.78 is 2.13. The minimum atomic E-state index is 0.550. The second kappa shape index (κ2) is 6.92. The van der Waals surface area contributed by atoms with E-state index in [1.807, 2.05) is 36.7 Å². The average molecular weight is 417 g/mol. The summed E-state index contributed by atoms with van der Waals surface area (Å²) in [5, 5.41) is 9.65. The molecule has 2 aromatic carbocycles. The van der Waals surface area contributed by atoms with Gasteiger partial charge in [0.2, 0.25) is 5.95 Å². The Hall–Kier alpha value is -3.25. The smallest absolute Gasteiger partial charge is 0.205 e. The molecule has 6 rings (SSSR count). The maximum atomic E-state index is 6.39. The molecule has 0 spiro atoms. The first kappa shape index (κ1) is 17.6. The zero-order chi connectivity index (χ0) is 20.1. The number of nitrogens with one attached hydrogen (secondary N) is 3. The lowest BCUT2D eigenvalue weighted by atomic mass is 10.1. The Labute approximate surface area is 178 Å². The van der Waals surface area contributed by atoms with Crippen molar-refractivity contribution in [1.29, 1.82) is 0 Å². The second-order valence-electron chi connectivity index (χ2n) is 7.99. The molecule has 1 aliphatic carbocycles. The molecule has 0 unspecified atom stereocenters. The standard InChI is InChI=1S/C23H21ClN6/c24-19-10-16(11-21-18(19)7-8-25-21)27-23-28-20-6-5-14(9-22(20)29-23)15-12-26-30(13-15)17-3-1-2-4-17/h5-13,17,25H,1-4H2,(H2,27,28,29). The Kier molecular flexibility index (Phi) is 4.06. The van der Waals surface area contributed by atoms with Crippen LogP contribution in [-0.4, -0.2) is 24.7 Å². The molecule has 3 N–H and O–H groups in total. The number of hydrogen-bond acceptors (Lipinski definition) is 3. The topological polar surface area (TPSA) is 74.3 Å². The highest BCUT2D eigenvalue weighted by molar-refractivity contribution is 6.35. The summed E-state index contributed by atoms with van der Waals surface area (Å²) in [5.74, 6) is 0.686. The summed E-state index contributed by atoms with van der Waals surface area (Å²) >= 11 is 6.39. The molecule has 1 aliphatic rings. The van der Waals surface area contributed by atoms with E-state index in [0.717, 1.165) is 38.8 Å². The molecule has 0 atom stereocenters.